The number of hydrogen-bond donors (Lipinski definition) is 2. The van der Waals surface area contributed by atoms with Crippen molar-refractivity contribution in [2.45, 2.75) is 51.1 Å². The fraction of sp³-hybridized carbons (Fsp3) is 0.444. The van der Waals surface area contributed by atoms with E-state index in [9.17, 15) is 23.3 Å². The minimum atomic E-state index is -4.15. The number of nitro groups is 1. The smallest absolute Gasteiger partial charge is 0.272 e. The van der Waals surface area contributed by atoms with Crippen molar-refractivity contribution in [2.75, 3.05) is 0 Å². The second-order valence-corrected chi connectivity index (χ2v) is 9.62. The first-order chi connectivity index (χ1) is 13.7. The molecule has 1 aromatic heterocycles. The van der Waals surface area contributed by atoms with Gasteiger partial charge in [0.25, 0.3) is 11.6 Å². The molecule has 0 saturated heterocycles. The lowest BCUT2D eigenvalue weighted by molar-refractivity contribution is -0.385. The maximum absolute atomic E-state index is 12.9. The number of non-ortho nitro benzene ring substituents is 1. The molecule has 0 spiro atoms. The van der Waals surface area contributed by atoms with Crippen molar-refractivity contribution in [3.8, 4) is 11.6 Å². The van der Waals surface area contributed by atoms with Gasteiger partial charge in [0.2, 0.25) is 15.9 Å². The van der Waals surface area contributed by atoms with Crippen LogP contribution in [-0.4, -0.2) is 40.6 Å². The number of nitro benzene ring substituents is 1. The molecule has 0 fully saturated rings. The van der Waals surface area contributed by atoms with E-state index in [1.807, 2.05) is 0 Å². The van der Waals surface area contributed by atoms with E-state index in [1.54, 1.807) is 34.6 Å². The maximum atomic E-state index is 12.9. The zero-order valence-electron chi connectivity index (χ0n) is 17.6. The number of aromatic nitrogens is 2. The molecule has 0 atom stereocenters. The Morgan fingerprint density at radius 2 is 1.90 bits per heavy atom. The van der Waals surface area contributed by atoms with Crippen molar-refractivity contribution >= 4 is 21.6 Å². The van der Waals surface area contributed by atoms with Crippen LogP contribution in [0, 0.1) is 10.1 Å². The topological polar surface area (TPSA) is 145 Å². The van der Waals surface area contributed by atoms with E-state index in [0.29, 0.717) is 0 Å². The molecule has 1 amide bonds. The van der Waals surface area contributed by atoms with E-state index in [4.69, 9.17) is 4.74 Å². The number of amides is 1. The molecular weight excluding hydrogens is 414 g/mol. The van der Waals surface area contributed by atoms with Crippen LogP contribution in [-0.2, 0) is 17.1 Å². The Labute approximate surface area is 174 Å². The van der Waals surface area contributed by atoms with Gasteiger partial charge < -0.3 is 10.1 Å². The number of carbonyl (C=O) groups excluding carboxylic acids is 1. The average Bonchev–Trinajstić information content (AvgIpc) is 2.93. The Balaban J connectivity index is 2.49. The standard InChI is InChI=1S/C18H25N5O6S/c1-11(2)19-17(24)13-10-16(22(6)20-13)29-14-8-7-12(23(25)26)9-15(14)30(27,28)21-18(3,4)5/h7-11,21H,1-6H3,(H,19,24). The minimum absolute atomic E-state index is 0.0836. The van der Waals surface area contributed by atoms with E-state index in [-0.39, 0.29) is 23.4 Å². The summed E-state index contributed by atoms with van der Waals surface area (Å²) < 4.78 is 35.1. The average molecular weight is 439 g/mol. The fourth-order valence-electron chi connectivity index (χ4n) is 2.47. The van der Waals surface area contributed by atoms with Gasteiger partial charge in [-0.2, -0.15) is 5.10 Å². The van der Waals surface area contributed by atoms with E-state index in [2.05, 4.69) is 15.1 Å². The number of aryl methyl sites for hydroxylation is 1. The molecule has 0 saturated carbocycles. The molecule has 0 unspecified atom stereocenters. The number of hydrogen-bond acceptors (Lipinski definition) is 7. The number of benzene rings is 1. The summed E-state index contributed by atoms with van der Waals surface area (Å²) in [7, 11) is -2.63. The van der Waals surface area contributed by atoms with Crippen molar-refractivity contribution in [1.82, 2.24) is 19.8 Å². The molecule has 2 N–H and O–H groups in total. The second-order valence-electron chi connectivity index (χ2n) is 7.97. The third-order valence-corrected chi connectivity index (χ3v) is 5.35. The number of nitrogens with zero attached hydrogens (tertiary/aromatic N) is 3. The molecule has 12 heteroatoms. The highest BCUT2D eigenvalue weighted by Gasteiger charge is 2.28. The van der Waals surface area contributed by atoms with Crippen LogP contribution in [0.5, 0.6) is 11.6 Å². The maximum Gasteiger partial charge on any atom is 0.272 e. The van der Waals surface area contributed by atoms with Crippen LogP contribution in [0.15, 0.2) is 29.2 Å². The summed E-state index contributed by atoms with van der Waals surface area (Å²) in [6, 6.07) is 4.50. The van der Waals surface area contributed by atoms with Crippen LogP contribution >= 0.6 is 0 Å². The third kappa shape index (κ3) is 5.76. The highest BCUT2D eigenvalue weighted by Crippen LogP contribution is 2.32. The van der Waals surface area contributed by atoms with Gasteiger partial charge in [-0.15, -0.1) is 0 Å². The molecule has 0 aliphatic heterocycles. The van der Waals surface area contributed by atoms with Crippen LogP contribution in [0.25, 0.3) is 0 Å². The van der Waals surface area contributed by atoms with Gasteiger partial charge in [0.15, 0.2) is 5.69 Å². The Kier molecular flexibility index (Phi) is 6.52. The van der Waals surface area contributed by atoms with Gasteiger partial charge in [-0.1, -0.05) is 0 Å². The molecule has 1 aromatic carbocycles. The van der Waals surface area contributed by atoms with Crippen molar-refractivity contribution in [2.24, 2.45) is 7.05 Å². The summed E-state index contributed by atoms with van der Waals surface area (Å²) in [6.07, 6.45) is 0. The Morgan fingerprint density at radius 3 is 2.43 bits per heavy atom. The number of nitrogens with one attached hydrogen (secondary N) is 2. The molecule has 30 heavy (non-hydrogen) atoms. The fourth-order valence-corrected chi connectivity index (χ4v) is 4.03. The first-order valence-corrected chi connectivity index (χ1v) is 10.5. The summed E-state index contributed by atoms with van der Waals surface area (Å²) in [5.41, 5.74) is -1.14. The lowest BCUT2D eigenvalue weighted by Gasteiger charge is -2.21. The lowest BCUT2D eigenvalue weighted by atomic mass is 10.1. The van der Waals surface area contributed by atoms with Crippen LogP contribution in [0.3, 0.4) is 0 Å². The second kappa shape index (κ2) is 8.40. The predicted octanol–water partition coefficient (Wildman–Crippen LogP) is 2.34. The van der Waals surface area contributed by atoms with Crippen LogP contribution in [0.2, 0.25) is 0 Å². The van der Waals surface area contributed by atoms with Crippen molar-refractivity contribution in [3.63, 3.8) is 0 Å². The zero-order chi connectivity index (χ0) is 22.9. The normalized spacial score (nSPS) is 12.1. The van der Waals surface area contributed by atoms with E-state index < -0.39 is 37.0 Å². The van der Waals surface area contributed by atoms with E-state index >= 15 is 0 Å². The zero-order valence-corrected chi connectivity index (χ0v) is 18.4. The monoisotopic (exact) mass is 439 g/mol. The van der Waals surface area contributed by atoms with Gasteiger partial charge in [-0.05, 0) is 40.7 Å². The minimum Gasteiger partial charge on any atom is -0.438 e. The first kappa shape index (κ1) is 23.3. The summed E-state index contributed by atoms with van der Waals surface area (Å²) >= 11 is 0. The predicted molar refractivity (Wildman–Crippen MR) is 109 cm³/mol. The number of ether oxygens (including phenoxy) is 1. The van der Waals surface area contributed by atoms with Gasteiger partial charge in [0.1, 0.15) is 10.6 Å². The highest BCUT2D eigenvalue weighted by molar-refractivity contribution is 7.89. The number of sulfonamides is 1. The van der Waals surface area contributed by atoms with Crippen LogP contribution in [0.4, 0.5) is 5.69 Å². The Morgan fingerprint density at radius 1 is 1.27 bits per heavy atom. The summed E-state index contributed by atoms with van der Waals surface area (Å²) in [5.74, 6) is -0.470. The van der Waals surface area contributed by atoms with E-state index in [0.717, 1.165) is 12.1 Å². The molecule has 0 aliphatic rings. The van der Waals surface area contributed by atoms with Gasteiger partial charge >= 0.3 is 0 Å². The molecule has 0 bridgehead atoms. The summed E-state index contributed by atoms with van der Waals surface area (Å²) in [6.45, 7) is 8.53. The number of rotatable bonds is 7. The van der Waals surface area contributed by atoms with Crippen LogP contribution in [0.1, 0.15) is 45.1 Å². The Bertz CT molecular complexity index is 1070. The summed E-state index contributed by atoms with van der Waals surface area (Å²) in [5, 5.41) is 17.9. The highest BCUT2D eigenvalue weighted by atomic mass is 32.2. The van der Waals surface area contributed by atoms with E-state index in [1.165, 1.54) is 23.9 Å². The molecule has 11 nitrogen and oxygen atoms in total. The molecule has 2 aromatic rings. The molecule has 1 heterocycles. The molecule has 0 radical (unpaired) electrons. The molecular formula is C18H25N5O6S. The molecule has 2 rings (SSSR count). The quantitative estimate of drug-likeness (QED) is 0.497. The first-order valence-electron chi connectivity index (χ1n) is 9.05. The van der Waals surface area contributed by atoms with Crippen molar-refractivity contribution in [1.29, 1.82) is 0 Å². The van der Waals surface area contributed by atoms with Crippen LogP contribution < -0.4 is 14.8 Å². The number of carbonyl (C=O) groups is 1. The Hall–Kier alpha value is -2.99. The van der Waals surface area contributed by atoms with Gasteiger partial charge in [0.05, 0.1) is 4.92 Å². The summed E-state index contributed by atoms with van der Waals surface area (Å²) in [4.78, 5) is 22.2. The SMILES string of the molecule is CC(C)NC(=O)c1cc(Oc2ccc([N+](=O)[O-])cc2S(=O)(=O)NC(C)(C)C)n(C)n1. The van der Waals surface area contributed by atoms with Crippen molar-refractivity contribution < 1.29 is 22.9 Å². The third-order valence-electron chi connectivity index (χ3n) is 3.57. The molecule has 164 valence electrons. The molecule has 0 aliphatic carbocycles. The van der Waals surface area contributed by atoms with Gasteiger partial charge in [-0.25, -0.2) is 17.8 Å². The van der Waals surface area contributed by atoms with Gasteiger partial charge in [-0.3, -0.25) is 14.9 Å². The largest absolute Gasteiger partial charge is 0.438 e. The van der Waals surface area contributed by atoms with Crippen molar-refractivity contribution in [3.05, 3.63) is 40.1 Å². The van der Waals surface area contributed by atoms with Gasteiger partial charge in [0, 0.05) is 36.8 Å². The lowest BCUT2D eigenvalue weighted by Crippen LogP contribution is -2.40.